The fourth-order valence-electron chi connectivity index (χ4n) is 4.50. The maximum absolute atomic E-state index is 13.3. The molecule has 2 aromatic heterocycles. The number of aromatic nitrogens is 3. The van der Waals surface area contributed by atoms with Crippen LogP contribution in [0.5, 0.6) is 0 Å². The van der Waals surface area contributed by atoms with Crippen LogP contribution in [-0.2, 0) is 11.0 Å². The molecular weight excluding hydrogens is 373 g/mol. The average molecular weight is 389 g/mol. The van der Waals surface area contributed by atoms with Crippen molar-refractivity contribution < 1.29 is 23.1 Å². The maximum atomic E-state index is 13.3. The van der Waals surface area contributed by atoms with Crippen LogP contribution in [0, 0.1) is 17.8 Å². The van der Waals surface area contributed by atoms with Crippen LogP contribution in [0.25, 0.3) is 5.52 Å². The van der Waals surface area contributed by atoms with Gasteiger partial charge in [-0.25, -0.2) is 4.52 Å². The Morgan fingerprint density at radius 1 is 1.27 bits per heavy atom. The number of nitrogens with zero attached hydrogens (tertiary/aromatic N) is 3. The first kappa shape index (κ1) is 17.4. The van der Waals surface area contributed by atoms with Gasteiger partial charge < -0.3 is 10.4 Å². The normalized spacial score (nSPS) is 28.5. The van der Waals surface area contributed by atoms with Crippen LogP contribution >= 0.6 is 11.6 Å². The predicted octanol–water partition coefficient (Wildman–Crippen LogP) is 3.70. The van der Waals surface area contributed by atoms with Gasteiger partial charge in [-0.05, 0) is 55.2 Å². The quantitative estimate of drug-likeness (QED) is 0.838. The summed E-state index contributed by atoms with van der Waals surface area (Å²) in [5.74, 6) is -1.55. The van der Waals surface area contributed by atoms with Gasteiger partial charge in [0.15, 0.2) is 5.82 Å². The number of hydrogen-bond donors (Lipinski definition) is 2. The maximum Gasteiger partial charge on any atom is 0.418 e. The number of rotatable bonds is 3. The molecule has 0 saturated heterocycles. The van der Waals surface area contributed by atoms with Crippen molar-refractivity contribution in [3.63, 3.8) is 0 Å². The lowest BCUT2D eigenvalue weighted by Gasteiger charge is -2.47. The van der Waals surface area contributed by atoms with Crippen LogP contribution in [0.1, 0.15) is 31.2 Å². The molecule has 3 aliphatic rings. The van der Waals surface area contributed by atoms with Crippen LogP contribution in [-0.4, -0.2) is 31.7 Å². The monoisotopic (exact) mass is 388 g/mol. The summed E-state index contributed by atoms with van der Waals surface area (Å²) in [6.45, 7) is 0. The van der Waals surface area contributed by atoms with Gasteiger partial charge in [-0.2, -0.15) is 18.2 Å². The van der Waals surface area contributed by atoms with E-state index >= 15 is 0 Å². The van der Waals surface area contributed by atoms with Crippen LogP contribution in [0.4, 0.5) is 19.0 Å². The lowest BCUT2D eigenvalue weighted by atomic mass is 9.61. The molecule has 2 N–H and O–H groups in total. The Morgan fingerprint density at radius 3 is 2.54 bits per heavy atom. The molecule has 2 aromatic rings. The lowest BCUT2D eigenvalue weighted by Crippen LogP contribution is -2.51. The zero-order chi connectivity index (χ0) is 18.6. The van der Waals surface area contributed by atoms with Crippen molar-refractivity contribution in [2.24, 2.45) is 17.8 Å². The lowest BCUT2D eigenvalue weighted by molar-refractivity contribution is -0.148. The first-order valence-electron chi connectivity index (χ1n) is 8.37. The predicted molar refractivity (Wildman–Crippen MR) is 87.0 cm³/mol. The molecule has 26 heavy (non-hydrogen) atoms. The van der Waals surface area contributed by atoms with E-state index in [9.17, 15) is 23.1 Å². The van der Waals surface area contributed by atoms with E-state index in [1.165, 1.54) is 6.20 Å². The zero-order valence-electron chi connectivity index (χ0n) is 13.5. The number of halogens is 4. The van der Waals surface area contributed by atoms with Crippen LogP contribution in [0.3, 0.4) is 0 Å². The Morgan fingerprint density at radius 2 is 1.92 bits per heavy atom. The molecule has 0 amide bonds. The van der Waals surface area contributed by atoms with Crippen molar-refractivity contribution in [1.29, 1.82) is 0 Å². The van der Waals surface area contributed by atoms with Crippen LogP contribution in [0.2, 0.25) is 5.28 Å². The van der Waals surface area contributed by atoms with E-state index in [1.54, 1.807) is 0 Å². The van der Waals surface area contributed by atoms with Crippen molar-refractivity contribution in [1.82, 2.24) is 14.6 Å². The van der Waals surface area contributed by atoms with E-state index < -0.39 is 29.7 Å². The Hall–Kier alpha value is -2.03. The largest absolute Gasteiger partial charge is 0.481 e. The number of nitrogens with one attached hydrogen (secondary N) is 1. The van der Waals surface area contributed by atoms with Crippen molar-refractivity contribution in [2.75, 3.05) is 5.32 Å². The number of carboxylic acids is 1. The average Bonchev–Trinajstić information content (AvgIpc) is 2.99. The molecule has 0 aromatic carbocycles. The van der Waals surface area contributed by atoms with E-state index in [4.69, 9.17) is 11.6 Å². The minimum Gasteiger partial charge on any atom is -0.481 e. The molecule has 6 nitrogen and oxygen atoms in total. The number of alkyl halides is 3. The molecule has 2 atom stereocenters. The molecule has 3 aliphatic carbocycles. The van der Waals surface area contributed by atoms with Crippen molar-refractivity contribution in [2.45, 2.75) is 37.9 Å². The molecule has 0 aliphatic heterocycles. The Balaban J connectivity index is 1.79. The summed E-state index contributed by atoms with van der Waals surface area (Å²) in [5, 5.41) is 16.2. The van der Waals surface area contributed by atoms with E-state index in [0.29, 0.717) is 0 Å². The van der Waals surface area contributed by atoms with Gasteiger partial charge >= 0.3 is 12.1 Å². The molecule has 2 heterocycles. The standard InChI is InChI=1S/C16H16ClF3N4O2/c17-15-22-13(12-9(16(18,19)20)5-6-24(12)23-15)21-11-8-3-1-7(2-4-8)10(11)14(25)26/h5-8,10-11H,1-4H2,(H,25,26)(H,21,22,23)/t7?,8?,10-,11-/m0/s1. The summed E-state index contributed by atoms with van der Waals surface area (Å²) in [5.41, 5.74) is -1.13. The van der Waals surface area contributed by atoms with Crippen molar-refractivity contribution >= 4 is 28.9 Å². The molecular formula is C16H16ClF3N4O2. The van der Waals surface area contributed by atoms with Gasteiger partial charge in [-0.1, -0.05) is 0 Å². The van der Waals surface area contributed by atoms with Gasteiger partial charge in [0, 0.05) is 12.2 Å². The molecule has 3 fully saturated rings. The molecule has 0 unspecified atom stereocenters. The molecule has 5 rings (SSSR count). The second kappa shape index (κ2) is 6.00. The minimum atomic E-state index is -4.58. The number of carboxylic acid groups (broad SMARTS) is 1. The molecule has 2 bridgehead atoms. The number of fused-ring (bicyclic) bond motifs is 4. The van der Waals surface area contributed by atoms with Gasteiger partial charge in [0.2, 0.25) is 5.28 Å². The smallest absolute Gasteiger partial charge is 0.418 e. The third-order valence-corrected chi connectivity index (χ3v) is 5.76. The molecule has 3 saturated carbocycles. The zero-order valence-corrected chi connectivity index (χ0v) is 14.3. The Labute approximate surface area is 151 Å². The molecule has 140 valence electrons. The van der Waals surface area contributed by atoms with E-state index in [0.717, 1.165) is 36.3 Å². The van der Waals surface area contributed by atoms with E-state index in [1.807, 2.05) is 0 Å². The highest BCUT2D eigenvalue weighted by Crippen LogP contribution is 2.47. The van der Waals surface area contributed by atoms with Gasteiger partial charge in [0.05, 0.1) is 11.5 Å². The highest BCUT2D eigenvalue weighted by molar-refractivity contribution is 6.28. The van der Waals surface area contributed by atoms with E-state index in [-0.39, 0.29) is 28.5 Å². The number of aliphatic carboxylic acids is 1. The molecule has 0 spiro atoms. The van der Waals surface area contributed by atoms with Gasteiger partial charge in [0.25, 0.3) is 0 Å². The fraction of sp³-hybridized carbons (Fsp3) is 0.562. The third-order valence-electron chi connectivity index (χ3n) is 5.60. The summed E-state index contributed by atoms with van der Waals surface area (Å²) in [7, 11) is 0. The third kappa shape index (κ3) is 2.78. The van der Waals surface area contributed by atoms with Crippen molar-refractivity contribution in [3.8, 4) is 0 Å². The number of anilines is 1. The highest BCUT2D eigenvalue weighted by Gasteiger charge is 2.48. The minimum absolute atomic E-state index is 0.0252. The Bertz CT molecular complexity index is 861. The van der Waals surface area contributed by atoms with Crippen LogP contribution in [0.15, 0.2) is 12.3 Å². The summed E-state index contributed by atoms with van der Waals surface area (Å²) in [4.78, 5) is 15.7. The molecule has 0 radical (unpaired) electrons. The second-order valence-electron chi connectivity index (χ2n) is 6.96. The molecule has 10 heteroatoms. The summed E-state index contributed by atoms with van der Waals surface area (Å²) in [6, 6.07) is 0.429. The van der Waals surface area contributed by atoms with Gasteiger partial charge in [-0.3, -0.25) is 4.79 Å². The first-order valence-corrected chi connectivity index (χ1v) is 8.75. The summed E-state index contributed by atoms with van der Waals surface area (Å²) >= 11 is 5.86. The van der Waals surface area contributed by atoms with Gasteiger partial charge in [-0.15, -0.1) is 5.10 Å². The van der Waals surface area contributed by atoms with Gasteiger partial charge in [0.1, 0.15) is 5.52 Å². The highest BCUT2D eigenvalue weighted by atomic mass is 35.5. The van der Waals surface area contributed by atoms with E-state index in [2.05, 4.69) is 15.4 Å². The SMILES string of the molecule is O=C(O)[C@H]1C2CCC(CC2)[C@@H]1Nc1nc(Cl)nn2ccc(C(F)(F)F)c12. The fourth-order valence-corrected chi connectivity index (χ4v) is 4.66. The number of hydrogen-bond acceptors (Lipinski definition) is 4. The first-order chi connectivity index (χ1) is 12.3. The Kier molecular flexibility index (Phi) is 4.02. The van der Waals surface area contributed by atoms with Crippen molar-refractivity contribution in [3.05, 3.63) is 23.1 Å². The topological polar surface area (TPSA) is 79.5 Å². The number of carbonyl (C=O) groups is 1. The summed E-state index contributed by atoms with van der Waals surface area (Å²) < 4.78 is 41.0. The van der Waals surface area contributed by atoms with Crippen LogP contribution < -0.4 is 5.32 Å². The second-order valence-corrected chi connectivity index (χ2v) is 7.30. The summed E-state index contributed by atoms with van der Waals surface area (Å²) in [6.07, 6.45) is -0.0428.